The van der Waals surface area contributed by atoms with Crippen LogP contribution in [0.1, 0.15) is 11.3 Å². The molecule has 0 aliphatic heterocycles. The third-order valence-corrected chi connectivity index (χ3v) is 3.29. The first-order chi connectivity index (χ1) is 12.0. The van der Waals surface area contributed by atoms with Crippen molar-refractivity contribution in [2.24, 2.45) is 5.73 Å². The molecule has 0 radical (unpaired) electrons. The van der Waals surface area contributed by atoms with Crippen molar-refractivity contribution in [3.8, 4) is 0 Å². The van der Waals surface area contributed by atoms with E-state index >= 15 is 0 Å². The highest BCUT2D eigenvalue weighted by molar-refractivity contribution is 5.96. The molecule has 130 valence electrons. The Labute approximate surface area is 144 Å². The molecule has 3 amide bonds. The van der Waals surface area contributed by atoms with E-state index < -0.39 is 23.8 Å². The molecule has 0 unspecified atom stereocenters. The Morgan fingerprint density at radius 3 is 2.52 bits per heavy atom. The molecule has 1 aromatic carbocycles. The number of carbonyl (C=O) groups is 3. The average molecular weight is 341 g/mol. The van der Waals surface area contributed by atoms with Gasteiger partial charge in [-0.25, -0.2) is 0 Å². The van der Waals surface area contributed by atoms with E-state index in [0.717, 1.165) is 5.56 Å². The van der Waals surface area contributed by atoms with Crippen LogP contribution in [-0.2, 0) is 20.8 Å². The molecule has 0 aliphatic rings. The maximum atomic E-state index is 12.2. The SMILES string of the molecule is NC(=O)CNC(=O)[C@H](Cc1ccccc1)NC(=O)/C=C/c1ccco1. The van der Waals surface area contributed by atoms with Gasteiger partial charge in [-0.15, -0.1) is 0 Å². The van der Waals surface area contributed by atoms with Gasteiger partial charge in [0.05, 0.1) is 12.8 Å². The number of hydrogen-bond acceptors (Lipinski definition) is 4. The molecule has 4 N–H and O–H groups in total. The lowest BCUT2D eigenvalue weighted by atomic mass is 10.1. The van der Waals surface area contributed by atoms with Gasteiger partial charge in [-0.2, -0.15) is 0 Å². The fourth-order valence-corrected chi connectivity index (χ4v) is 2.12. The zero-order valence-electron chi connectivity index (χ0n) is 13.5. The molecule has 0 saturated heterocycles. The molecule has 0 aliphatic carbocycles. The van der Waals surface area contributed by atoms with Crippen molar-refractivity contribution in [3.63, 3.8) is 0 Å². The van der Waals surface area contributed by atoms with Gasteiger partial charge < -0.3 is 20.8 Å². The molecule has 2 rings (SSSR count). The largest absolute Gasteiger partial charge is 0.465 e. The summed E-state index contributed by atoms with van der Waals surface area (Å²) in [6.45, 7) is -0.289. The van der Waals surface area contributed by atoms with Gasteiger partial charge in [0.15, 0.2) is 0 Å². The van der Waals surface area contributed by atoms with Crippen LogP contribution in [0.2, 0.25) is 0 Å². The van der Waals surface area contributed by atoms with Gasteiger partial charge >= 0.3 is 0 Å². The summed E-state index contributed by atoms with van der Waals surface area (Å²) < 4.78 is 5.10. The van der Waals surface area contributed by atoms with Crippen molar-refractivity contribution < 1.29 is 18.8 Å². The molecule has 1 heterocycles. The van der Waals surface area contributed by atoms with Crippen LogP contribution in [0.3, 0.4) is 0 Å². The summed E-state index contributed by atoms with van der Waals surface area (Å²) in [6.07, 6.45) is 4.55. The second-order valence-electron chi connectivity index (χ2n) is 5.28. The number of rotatable bonds is 8. The van der Waals surface area contributed by atoms with Gasteiger partial charge in [-0.3, -0.25) is 14.4 Å². The number of amides is 3. The molecule has 25 heavy (non-hydrogen) atoms. The summed E-state index contributed by atoms with van der Waals surface area (Å²) in [5.41, 5.74) is 5.91. The fourth-order valence-electron chi connectivity index (χ4n) is 2.12. The maximum Gasteiger partial charge on any atom is 0.244 e. The van der Waals surface area contributed by atoms with E-state index in [1.807, 2.05) is 30.3 Å². The molecule has 0 saturated carbocycles. The Bertz CT molecular complexity index is 739. The highest BCUT2D eigenvalue weighted by Crippen LogP contribution is 2.05. The number of benzene rings is 1. The van der Waals surface area contributed by atoms with E-state index in [4.69, 9.17) is 10.2 Å². The summed E-state index contributed by atoms with van der Waals surface area (Å²) in [4.78, 5) is 35.2. The monoisotopic (exact) mass is 341 g/mol. The lowest BCUT2D eigenvalue weighted by molar-refractivity contribution is -0.128. The van der Waals surface area contributed by atoms with E-state index in [0.29, 0.717) is 5.76 Å². The van der Waals surface area contributed by atoms with Crippen LogP contribution in [0.5, 0.6) is 0 Å². The van der Waals surface area contributed by atoms with Crippen molar-refractivity contribution in [3.05, 3.63) is 66.1 Å². The first-order valence-corrected chi connectivity index (χ1v) is 7.66. The predicted octanol–water partition coefficient (Wildman–Crippen LogP) is 0.622. The van der Waals surface area contributed by atoms with Crippen molar-refractivity contribution in [1.29, 1.82) is 0 Å². The zero-order chi connectivity index (χ0) is 18.1. The molecule has 0 bridgehead atoms. The second-order valence-corrected chi connectivity index (χ2v) is 5.28. The third kappa shape index (κ3) is 6.34. The number of primary amides is 1. The van der Waals surface area contributed by atoms with Crippen molar-refractivity contribution >= 4 is 23.8 Å². The van der Waals surface area contributed by atoms with Gasteiger partial charge in [0, 0.05) is 12.5 Å². The molecular weight excluding hydrogens is 322 g/mol. The summed E-state index contributed by atoms with van der Waals surface area (Å²) in [5, 5.41) is 5.03. The Balaban J connectivity index is 2.03. The molecule has 2 aromatic rings. The first kappa shape index (κ1) is 18.0. The summed E-state index contributed by atoms with van der Waals surface area (Å²) in [7, 11) is 0. The molecular formula is C18H19N3O4. The van der Waals surface area contributed by atoms with E-state index in [9.17, 15) is 14.4 Å². The van der Waals surface area contributed by atoms with Crippen LogP contribution in [0.15, 0.2) is 59.2 Å². The van der Waals surface area contributed by atoms with Crippen LogP contribution in [0.25, 0.3) is 6.08 Å². The first-order valence-electron chi connectivity index (χ1n) is 7.66. The Kier molecular flexibility index (Phi) is 6.53. The zero-order valence-corrected chi connectivity index (χ0v) is 13.5. The lowest BCUT2D eigenvalue weighted by Crippen LogP contribution is -2.49. The summed E-state index contributed by atoms with van der Waals surface area (Å²) >= 11 is 0. The predicted molar refractivity (Wildman–Crippen MR) is 92.0 cm³/mol. The average Bonchev–Trinajstić information content (AvgIpc) is 3.11. The Morgan fingerprint density at radius 1 is 1.12 bits per heavy atom. The Morgan fingerprint density at radius 2 is 1.88 bits per heavy atom. The van der Waals surface area contributed by atoms with Gasteiger partial charge in [0.25, 0.3) is 0 Å². The molecule has 0 fully saturated rings. The van der Waals surface area contributed by atoms with Crippen LogP contribution >= 0.6 is 0 Å². The maximum absolute atomic E-state index is 12.2. The topological polar surface area (TPSA) is 114 Å². The van der Waals surface area contributed by atoms with Gasteiger partial charge in [-0.1, -0.05) is 30.3 Å². The quantitative estimate of drug-likeness (QED) is 0.611. The number of nitrogens with one attached hydrogen (secondary N) is 2. The van der Waals surface area contributed by atoms with Crippen molar-refractivity contribution in [1.82, 2.24) is 10.6 Å². The lowest BCUT2D eigenvalue weighted by Gasteiger charge is -2.17. The number of hydrogen-bond donors (Lipinski definition) is 3. The van der Waals surface area contributed by atoms with Gasteiger partial charge in [0.1, 0.15) is 11.8 Å². The van der Waals surface area contributed by atoms with E-state index in [1.165, 1.54) is 18.4 Å². The molecule has 0 spiro atoms. The highest BCUT2D eigenvalue weighted by atomic mass is 16.3. The number of carbonyl (C=O) groups excluding carboxylic acids is 3. The van der Waals surface area contributed by atoms with Crippen LogP contribution < -0.4 is 16.4 Å². The van der Waals surface area contributed by atoms with Crippen molar-refractivity contribution in [2.75, 3.05) is 6.54 Å². The van der Waals surface area contributed by atoms with E-state index in [1.54, 1.807) is 12.1 Å². The summed E-state index contributed by atoms with van der Waals surface area (Å²) in [5.74, 6) is -1.07. The molecule has 7 heteroatoms. The molecule has 1 aromatic heterocycles. The van der Waals surface area contributed by atoms with Crippen LogP contribution in [-0.4, -0.2) is 30.3 Å². The number of furan rings is 1. The second kappa shape index (κ2) is 9.07. The molecule has 7 nitrogen and oxygen atoms in total. The van der Waals surface area contributed by atoms with Gasteiger partial charge in [0.2, 0.25) is 17.7 Å². The normalized spacial score (nSPS) is 11.8. The minimum absolute atomic E-state index is 0.283. The minimum Gasteiger partial charge on any atom is -0.465 e. The number of nitrogens with two attached hydrogens (primary N) is 1. The fraction of sp³-hybridized carbons (Fsp3) is 0.167. The van der Waals surface area contributed by atoms with Crippen LogP contribution in [0, 0.1) is 0 Å². The molecule has 1 atom stereocenters. The smallest absolute Gasteiger partial charge is 0.244 e. The van der Waals surface area contributed by atoms with E-state index in [2.05, 4.69) is 10.6 Å². The Hall–Kier alpha value is -3.35. The minimum atomic E-state index is -0.837. The van der Waals surface area contributed by atoms with Crippen LogP contribution in [0.4, 0.5) is 0 Å². The standard InChI is InChI=1S/C18H19N3O4/c19-16(22)12-20-18(24)15(11-13-5-2-1-3-6-13)21-17(23)9-8-14-7-4-10-25-14/h1-10,15H,11-12H2,(H2,19,22)(H,20,24)(H,21,23)/b9-8+/t15-/m0/s1. The van der Waals surface area contributed by atoms with Gasteiger partial charge in [-0.05, 0) is 23.8 Å². The highest BCUT2D eigenvalue weighted by Gasteiger charge is 2.20. The van der Waals surface area contributed by atoms with E-state index in [-0.39, 0.29) is 13.0 Å². The summed E-state index contributed by atoms with van der Waals surface area (Å²) in [6, 6.07) is 11.8. The third-order valence-electron chi connectivity index (χ3n) is 3.29. The van der Waals surface area contributed by atoms with Crippen molar-refractivity contribution in [2.45, 2.75) is 12.5 Å².